The fraction of sp³-hybridized carbons (Fsp3) is 0.0769. The summed E-state index contributed by atoms with van der Waals surface area (Å²) < 4.78 is 0.621. The Morgan fingerprint density at radius 2 is 2.11 bits per heavy atom. The van der Waals surface area contributed by atoms with Crippen molar-refractivity contribution in [2.24, 2.45) is 0 Å². The molecule has 0 atom stereocenters. The minimum Gasteiger partial charge on any atom is -0.399 e. The quantitative estimate of drug-likeness (QED) is 0.648. The Kier molecular flexibility index (Phi) is 4.07. The van der Waals surface area contributed by atoms with E-state index in [0.29, 0.717) is 26.6 Å². The summed E-state index contributed by atoms with van der Waals surface area (Å²) in [5.41, 5.74) is 8.26. The molecule has 1 heterocycles. The second-order valence-corrected chi connectivity index (χ2v) is 5.30. The molecule has 4 nitrogen and oxygen atoms in total. The number of benzene rings is 1. The van der Waals surface area contributed by atoms with Gasteiger partial charge in [-0.3, -0.25) is 4.79 Å². The summed E-state index contributed by atoms with van der Waals surface area (Å²) in [4.78, 5) is 16.0. The minimum absolute atomic E-state index is 0.244. The maximum atomic E-state index is 12.1. The second-order valence-electron chi connectivity index (χ2n) is 4.08. The molecule has 3 N–H and O–H groups in total. The van der Waals surface area contributed by atoms with Gasteiger partial charge in [-0.25, -0.2) is 4.98 Å². The molecule has 2 rings (SSSR count). The zero-order valence-corrected chi connectivity index (χ0v) is 12.4. The highest BCUT2D eigenvalue weighted by atomic mass is 79.9. The summed E-state index contributed by atoms with van der Waals surface area (Å²) in [5.74, 6) is -0.244. The van der Waals surface area contributed by atoms with Gasteiger partial charge in [-0.15, -0.1) is 0 Å². The van der Waals surface area contributed by atoms with E-state index < -0.39 is 0 Å². The highest BCUT2D eigenvalue weighted by Gasteiger charge is 2.09. The van der Waals surface area contributed by atoms with Crippen LogP contribution in [0.5, 0.6) is 0 Å². The van der Waals surface area contributed by atoms with E-state index in [0.717, 1.165) is 5.56 Å². The SMILES string of the molecule is Cc1cc(N)cc(C(=O)Nc2cnc(Cl)c(Br)c2)c1. The Balaban J connectivity index is 2.22. The normalized spacial score (nSPS) is 10.3. The molecule has 19 heavy (non-hydrogen) atoms. The smallest absolute Gasteiger partial charge is 0.255 e. The number of hydrogen-bond acceptors (Lipinski definition) is 3. The van der Waals surface area contributed by atoms with Gasteiger partial charge in [0.05, 0.1) is 16.4 Å². The standard InChI is InChI=1S/C13H11BrClN3O/c1-7-2-8(4-9(16)3-7)13(19)18-10-5-11(14)12(15)17-6-10/h2-6H,16H2,1H3,(H,18,19). The third-order valence-corrected chi connectivity index (χ3v) is 3.55. The summed E-state index contributed by atoms with van der Waals surface area (Å²) in [7, 11) is 0. The first-order valence-electron chi connectivity index (χ1n) is 5.45. The molecule has 1 aromatic carbocycles. The lowest BCUT2D eigenvalue weighted by atomic mass is 10.1. The number of nitrogen functional groups attached to an aromatic ring is 1. The zero-order chi connectivity index (χ0) is 14.0. The van der Waals surface area contributed by atoms with Crippen molar-refractivity contribution in [1.29, 1.82) is 0 Å². The number of hydrogen-bond donors (Lipinski definition) is 2. The molecule has 0 saturated heterocycles. The van der Waals surface area contributed by atoms with E-state index in [1.807, 2.05) is 6.92 Å². The summed E-state index contributed by atoms with van der Waals surface area (Å²) >= 11 is 9.04. The number of amides is 1. The van der Waals surface area contributed by atoms with Crippen molar-refractivity contribution in [2.75, 3.05) is 11.1 Å². The number of pyridine rings is 1. The second kappa shape index (κ2) is 5.59. The van der Waals surface area contributed by atoms with Gasteiger partial charge in [-0.05, 0) is 52.7 Å². The van der Waals surface area contributed by atoms with Crippen molar-refractivity contribution in [3.8, 4) is 0 Å². The van der Waals surface area contributed by atoms with Crippen molar-refractivity contribution in [2.45, 2.75) is 6.92 Å². The number of nitrogens with one attached hydrogen (secondary N) is 1. The Hall–Kier alpha value is -1.59. The predicted octanol–water partition coefficient (Wildman–Crippen LogP) is 3.64. The maximum Gasteiger partial charge on any atom is 0.255 e. The average molecular weight is 341 g/mol. The van der Waals surface area contributed by atoms with E-state index in [1.165, 1.54) is 6.20 Å². The molecule has 0 unspecified atom stereocenters. The van der Waals surface area contributed by atoms with E-state index in [2.05, 4.69) is 26.2 Å². The Labute approximate surface area is 124 Å². The Morgan fingerprint density at radius 3 is 2.74 bits per heavy atom. The van der Waals surface area contributed by atoms with Gasteiger partial charge in [-0.2, -0.15) is 0 Å². The monoisotopic (exact) mass is 339 g/mol. The van der Waals surface area contributed by atoms with Crippen molar-refractivity contribution < 1.29 is 4.79 Å². The molecule has 1 aromatic heterocycles. The zero-order valence-electron chi connectivity index (χ0n) is 10.1. The number of halogens is 2. The van der Waals surface area contributed by atoms with Gasteiger partial charge in [0, 0.05) is 11.3 Å². The molecular weight excluding hydrogens is 330 g/mol. The van der Waals surface area contributed by atoms with E-state index in [1.54, 1.807) is 24.3 Å². The first kappa shape index (κ1) is 13.8. The summed E-state index contributed by atoms with van der Waals surface area (Å²) in [6, 6.07) is 6.88. The van der Waals surface area contributed by atoms with Crippen LogP contribution in [0.1, 0.15) is 15.9 Å². The number of carbonyl (C=O) groups excluding carboxylic acids is 1. The van der Waals surface area contributed by atoms with Crippen LogP contribution in [0, 0.1) is 6.92 Å². The lowest BCUT2D eigenvalue weighted by Gasteiger charge is -2.07. The highest BCUT2D eigenvalue weighted by Crippen LogP contribution is 2.23. The molecule has 0 aliphatic carbocycles. The van der Waals surface area contributed by atoms with Crippen molar-refractivity contribution in [3.05, 3.63) is 51.2 Å². The van der Waals surface area contributed by atoms with Gasteiger partial charge in [0.2, 0.25) is 0 Å². The third-order valence-electron chi connectivity index (χ3n) is 2.42. The Morgan fingerprint density at radius 1 is 1.37 bits per heavy atom. The molecule has 0 spiro atoms. The fourth-order valence-electron chi connectivity index (χ4n) is 1.64. The highest BCUT2D eigenvalue weighted by molar-refractivity contribution is 9.10. The third kappa shape index (κ3) is 3.45. The van der Waals surface area contributed by atoms with Crippen molar-refractivity contribution in [1.82, 2.24) is 4.98 Å². The molecule has 0 fully saturated rings. The molecular formula is C13H11BrClN3O. The van der Waals surface area contributed by atoms with Crippen LogP contribution in [0.25, 0.3) is 0 Å². The number of carbonyl (C=O) groups is 1. The van der Waals surface area contributed by atoms with Crippen LogP contribution < -0.4 is 11.1 Å². The van der Waals surface area contributed by atoms with Crippen LogP contribution in [0.15, 0.2) is 34.9 Å². The molecule has 0 aliphatic rings. The molecule has 0 saturated carbocycles. The van der Waals surface area contributed by atoms with E-state index in [-0.39, 0.29) is 5.91 Å². The number of aromatic nitrogens is 1. The molecule has 0 aliphatic heterocycles. The average Bonchev–Trinajstić information content (AvgIpc) is 2.32. The van der Waals surface area contributed by atoms with Gasteiger partial charge in [-0.1, -0.05) is 11.6 Å². The predicted molar refractivity (Wildman–Crippen MR) is 80.5 cm³/mol. The van der Waals surface area contributed by atoms with Crippen LogP contribution in [0.4, 0.5) is 11.4 Å². The minimum atomic E-state index is -0.244. The van der Waals surface area contributed by atoms with E-state index in [9.17, 15) is 4.79 Å². The number of nitrogens with two attached hydrogens (primary N) is 1. The fourth-order valence-corrected chi connectivity index (χ4v) is 2.09. The summed E-state index contributed by atoms with van der Waals surface area (Å²) in [5, 5.41) is 3.08. The van der Waals surface area contributed by atoms with Gasteiger partial charge in [0.15, 0.2) is 0 Å². The van der Waals surface area contributed by atoms with Crippen LogP contribution in [0.3, 0.4) is 0 Å². The van der Waals surface area contributed by atoms with Gasteiger partial charge in [0.1, 0.15) is 5.15 Å². The molecule has 0 radical (unpaired) electrons. The van der Waals surface area contributed by atoms with Crippen LogP contribution in [-0.4, -0.2) is 10.9 Å². The van der Waals surface area contributed by atoms with Gasteiger partial charge < -0.3 is 11.1 Å². The van der Waals surface area contributed by atoms with E-state index in [4.69, 9.17) is 17.3 Å². The lowest BCUT2D eigenvalue weighted by molar-refractivity contribution is 0.102. The molecule has 2 aromatic rings. The summed E-state index contributed by atoms with van der Waals surface area (Å²) in [6.07, 6.45) is 1.49. The lowest BCUT2D eigenvalue weighted by Crippen LogP contribution is -2.12. The Bertz CT molecular complexity index is 626. The molecule has 6 heteroatoms. The number of anilines is 2. The van der Waals surface area contributed by atoms with Gasteiger partial charge >= 0.3 is 0 Å². The van der Waals surface area contributed by atoms with E-state index >= 15 is 0 Å². The number of aryl methyl sites for hydroxylation is 1. The number of nitrogens with zero attached hydrogens (tertiary/aromatic N) is 1. The van der Waals surface area contributed by atoms with Crippen molar-refractivity contribution >= 4 is 44.8 Å². The molecule has 98 valence electrons. The molecule has 0 bridgehead atoms. The summed E-state index contributed by atoms with van der Waals surface area (Å²) in [6.45, 7) is 1.88. The van der Waals surface area contributed by atoms with Crippen LogP contribution >= 0.6 is 27.5 Å². The topological polar surface area (TPSA) is 68.0 Å². The van der Waals surface area contributed by atoms with Gasteiger partial charge in [0.25, 0.3) is 5.91 Å². The number of rotatable bonds is 2. The van der Waals surface area contributed by atoms with Crippen LogP contribution in [0.2, 0.25) is 5.15 Å². The first-order chi connectivity index (χ1) is 8.95. The van der Waals surface area contributed by atoms with Crippen LogP contribution in [-0.2, 0) is 0 Å². The molecule has 1 amide bonds. The largest absolute Gasteiger partial charge is 0.399 e. The van der Waals surface area contributed by atoms with Crippen molar-refractivity contribution in [3.63, 3.8) is 0 Å². The first-order valence-corrected chi connectivity index (χ1v) is 6.62. The maximum absolute atomic E-state index is 12.1.